The highest BCUT2D eigenvalue weighted by molar-refractivity contribution is 5.94. The van der Waals surface area contributed by atoms with E-state index in [1.807, 2.05) is 0 Å². The molecule has 0 aromatic heterocycles. The smallest absolute Gasteiger partial charge is 0.165 e. The number of ketones is 1. The Morgan fingerprint density at radius 1 is 1.18 bits per heavy atom. The maximum Gasteiger partial charge on any atom is 0.165 e. The van der Waals surface area contributed by atoms with Crippen molar-refractivity contribution < 1.29 is 19.0 Å². The quantitative estimate of drug-likeness (QED) is 0.559. The maximum atomic E-state index is 12.7. The summed E-state index contributed by atoms with van der Waals surface area (Å²) in [5.41, 5.74) is 0.476. The topological polar surface area (TPSA) is 44.8 Å². The fourth-order valence-electron chi connectivity index (χ4n) is 6.41. The average molecular weight is 308 g/mol. The molecule has 0 aromatic rings. The Kier molecular flexibility index (Phi) is 3.28. The highest BCUT2D eigenvalue weighted by Crippen LogP contribution is 2.81. The van der Waals surface area contributed by atoms with Gasteiger partial charge in [0.15, 0.2) is 5.78 Å². The van der Waals surface area contributed by atoms with E-state index in [9.17, 15) is 4.79 Å². The molecular weight excluding hydrogens is 280 g/mol. The summed E-state index contributed by atoms with van der Waals surface area (Å²) in [5, 5.41) is 0. The van der Waals surface area contributed by atoms with Crippen molar-refractivity contribution in [3.8, 4) is 0 Å². The van der Waals surface area contributed by atoms with Crippen LogP contribution < -0.4 is 0 Å². The Hall–Kier alpha value is -0.450. The van der Waals surface area contributed by atoms with Crippen LogP contribution in [0.3, 0.4) is 0 Å². The summed E-state index contributed by atoms with van der Waals surface area (Å²) >= 11 is 0. The molecule has 0 radical (unpaired) electrons. The Morgan fingerprint density at radius 3 is 2.68 bits per heavy atom. The number of carbonyl (C=O) groups excluding carboxylic acids is 1. The van der Waals surface area contributed by atoms with Crippen LogP contribution in [-0.2, 0) is 19.0 Å². The summed E-state index contributed by atoms with van der Waals surface area (Å²) in [4.78, 5) is 12.7. The van der Waals surface area contributed by atoms with Gasteiger partial charge in [0.1, 0.15) is 12.9 Å². The first-order valence-corrected chi connectivity index (χ1v) is 8.64. The molecule has 7 atom stereocenters. The molecule has 4 saturated carbocycles. The van der Waals surface area contributed by atoms with Gasteiger partial charge >= 0.3 is 0 Å². The lowest BCUT2D eigenvalue weighted by Gasteiger charge is -2.36. The van der Waals surface area contributed by atoms with Gasteiger partial charge in [0.25, 0.3) is 0 Å². The third-order valence-corrected chi connectivity index (χ3v) is 7.07. The molecule has 0 N–H and O–H groups in total. The van der Waals surface area contributed by atoms with Gasteiger partial charge < -0.3 is 14.2 Å². The molecule has 0 spiro atoms. The van der Waals surface area contributed by atoms with E-state index in [0.717, 1.165) is 5.92 Å². The third-order valence-electron chi connectivity index (χ3n) is 7.07. The Bertz CT molecular complexity index is 487. The van der Waals surface area contributed by atoms with E-state index in [1.165, 1.54) is 12.8 Å². The van der Waals surface area contributed by atoms with Gasteiger partial charge in [0.05, 0.1) is 13.2 Å². The summed E-state index contributed by atoms with van der Waals surface area (Å²) in [6.07, 6.45) is 2.28. The Labute approximate surface area is 132 Å². The normalized spacial score (nSPS) is 50.3. The van der Waals surface area contributed by atoms with E-state index in [2.05, 4.69) is 20.8 Å². The predicted octanol–water partition coefficient (Wildman–Crippen LogP) is 2.51. The number of carbonyl (C=O) groups is 1. The molecule has 0 unspecified atom stereocenters. The molecule has 4 rings (SSSR count). The largest absolute Gasteiger partial charge is 0.382 e. The monoisotopic (exact) mass is 308 g/mol. The van der Waals surface area contributed by atoms with Crippen LogP contribution in [0.1, 0.15) is 33.6 Å². The SMILES string of the molecule is COCCOCO[C@H]1C(=O)[C@H]2[C@H]3[C@@H]4CC(C)(C)C[C@@H]4[C@]1(C)[C@@H]23. The molecule has 0 amide bonds. The van der Waals surface area contributed by atoms with Crippen molar-refractivity contribution in [3.63, 3.8) is 0 Å². The second kappa shape index (κ2) is 4.78. The van der Waals surface area contributed by atoms with E-state index >= 15 is 0 Å². The predicted molar refractivity (Wildman–Crippen MR) is 81.1 cm³/mol. The highest BCUT2D eigenvalue weighted by atomic mass is 16.7. The molecule has 4 aliphatic rings. The molecule has 0 bridgehead atoms. The summed E-state index contributed by atoms with van der Waals surface area (Å²) in [7, 11) is 1.65. The average Bonchev–Trinajstić information content (AvgIpc) is 3.00. The fourth-order valence-corrected chi connectivity index (χ4v) is 6.41. The number of hydrogen-bond donors (Lipinski definition) is 0. The van der Waals surface area contributed by atoms with Crippen LogP contribution in [0.5, 0.6) is 0 Å². The van der Waals surface area contributed by atoms with E-state index in [0.29, 0.717) is 48.1 Å². The van der Waals surface area contributed by atoms with Crippen molar-refractivity contribution in [1.82, 2.24) is 0 Å². The van der Waals surface area contributed by atoms with Gasteiger partial charge in [-0.2, -0.15) is 0 Å². The van der Waals surface area contributed by atoms with E-state index in [4.69, 9.17) is 14.2 Å². The van der Waals surface area contributed by atoms with Gasteiger partial charge in [-0.25, -0.2) is 0 Å². The van der Waals surface area contributed by atoms with Gasteiger partial charge in [0, 0.05) is 18.4 Å². The van der Waals surface area contributed by atoms with Crippen LogP contribution in [0.25, 0.3) is 0 Å². The second-order valence-electron chi connectivity index (χ2n) is 8.81. The lowest BCUT2D eigenvalue weighted by Crippen LogP contribution is -2.41. The van der Waals surface area contributed by atoms with Gasteiger partial charge in [-0.05, 0) is 41.9 Å². The zero-order valence-corrected chi connectivity index (χ0v) is 14.1. The van der Waals surface area contributed by atoms with Gasteiger partial charge in [0.2, 0.25) is 0 Å². The molecule has 124 valence electrons. The Balaban J connectivity index is 1.47. The van der Waals surface area contributed by atoms with Crippen molar-refractivity contribution >= 4 is 5.78 Å². The molecule has 0 saturated heterocycles. The van der Waals surface area contributed by atoms with Crippen LogP contribution in [-0.4, -0.2) is 39.0 Å². The van der Waals surface area contributed by atoms with Gasteiger partial charge in [-0.3, -0.25) is 4.79 Å². The standard InChI is InChI=1S/C18H28O4/c1-17(2)7-10-11(8-17)18(3)14-12(10)13(14)15(19)16(18)22-9-21-6-5-20-4/h10-14,16H,5-9H2,1-4H3/t10-,11+,12-,13+,14-,16+,18-/m1/s1. The molecule has 4 heteroatoms. The molecule has 4 nitrogen and oxygen atoms in total. The molecule has 0 heterocycles. The zero-order chi connectivity index (χ0) is 15.7. The van der Waals surface area contributed by atoms with Crippen LogP contribution >= 0.6 is 0 Å². The molecular formula is C18H28O4. The number of ether oxygens (including phenoxy) is 3. The first-order valence-electron chi connectivity index (χ1n) is 8.64. The summed E-state index contributed by atoms with van der Waals surface area (Å²) in [5.74, 6) is 3.32. The second-order valence-corrected chi connectivity index (χ2v) is 8.81. The van der Waals surface area contributed by atoms with Gasteiger partial charge in [-0.15, -0.1) is 0 Å². The van der Waals surface area contributed by atoms with Crippen LogP contribution in [0.2, 0.25) is 0 Å². The minimum Gasteiger partial charge on any atom is -0.382 e. The summed E-state index contributed by atoms with van der Waals surface area (Å²) in [6, 6.07) is 0. The first kappa shape index (κ1) is 15.1. The van der Waals surface area contributed by atoms with Crippen molar-refractivity contribution in [1.29, 1.82) is 0 Å². The van der Waals surface area contributed by atoms with Crippen molar-refractivity contribution in [2.75, 3.05) is 27.1 Å². The molecule has 4 aliphatic carbocycles. The molecule has 0 aliphatic heterocycles. The molecule has 4 fully saturated rings. The number of rotatable bonds is 6. The van der Waals surface area contributed by atoms with Crippen molar-refractivity contribution in [2.24, 2.45) is 40.4 Å². The first-order chi connectivity index (χ1) is 10.4. The van der Waals surface area contributed by atoms with E-state index in [1.54, 1.807) is 7.11 Å². The lowest BCUT2D eigenvalue weighted by atomic mass is 9.71. The number of methoxy groups -OCH3 is 1. The van der Waals surface area contributed by atoms with Crippen molar-refractivity contribution in [3.05, 3.63) is 0 Å². The van der Waals surface area contributed by atoms with E-state index < -0.39 is 0 Å². The van der Waals surface area contributed by atoms with Crippen LogP contribution in [0, 0.1) is 40.4 Å². The lowest BCUT2D eigenvalue weighted by molar-refractivity contribution is -0.157. The molecule has 0 aromatic carbocycles. The van der Waals surface area contributed by atoms with Crippen LogP contribution in [0.15, 0.2) is 0 Å². The number of hydrogen-bond acceptors (Lipinski definition) is 4. The summed E-state index contributed by atoms with van der Waals surface area (Å²) in [6.45, 7) is 8.37. The maximum absolute atomic E-state index is 12.7. The van der Waals surface area contributed by atoms with Crippen molar-refractivity contribution in [2.45, 2.75) is 39.7 Å². The van der Waals surface area contributed by atoms with E-state index in [-0.39, 0.29) is 18.3 Å². The summed E-state index contributed by atoms with van der Waals surface area (Å²) < 4.78 is 16.3. The number of fused-ring (bicyclic) bond motifs is 4. The highest BCUT2D eigenvalue weighted by Gasteiger charge is 2.83. The van der Waals surface area contributed by atoms with Crippen LogP contribution in [0.4, 0.5) is 0 Å². The fraction of sp³-hybridized carbons (Fsp3) is 0.944. The number of Topliss-reactive ketones (excluding diaryl/α,β-unsaturated/α-hetero) is 1. The Morgan fingerprint density at radius 2 is 1.95 bits per heavy atom. The molecule has 22 heavy (non-hydrogen) atoms. The van der Waals surface area contributed by atoms with Gasteiger partial charge in [-0.1, -0.05) is 20.8 Å². The minimum absolute atomic E-state index is 0.0511. The third kappa shape index (κ3) is 1.83. The minimum atomic E-state index is -0.245. The zero-order valence-electron chi connectivity index (χ0n) is 14.1.